The molecular formula is C18H19N5O2S. The quantitative estimate of drug-likeness (QED) is 0.636. The number of nitrogens with one attached hydrogen (secondary N) is 1. The number of hydrogen-bond acceptors (Lipinski definition) is 7. The smallest absolute Gasteiger partial charge is 0.251 e. The fourth-order valence-corrected chi connectivity index (χ4v) is 3.31. The third-order valence-electron chi connectivity index (χ3n) is 3.96. The van der Waals surface area contributed by atoms with Gasteiger partial charge in [-0.05, 0) is 31.5 Å². The molecule has 4 N–H and O–H groups in total. The third-order valence-corrected chi connectivity index (χ3v) is 4.99. The Morgan fingerprint density at radius 2 is 2.12 bits per heavy atom. The fraction of sp³-hybridized carbons (Fsp3) is 0.222. The number of anilines is 1. The van der Waals surface area contributed by atoms with E-state index < -0.39 is 6.10 Å². The Morgan fingerprint density at radius 1 is 1.31 bits per heavy atom. The highest BCUT2D eigenvalue weighted by Gasteiger charge is 2.16. The molecular weight excluding hydrogens is 350 g/mol. The molecule has 8 heteroatoms. The number of hydrogen-bond donors (Lipinski definition) is 3. The molecule has 2 heterocycles. The van der Waals surface area contributed by atoms with Crippen LogP contribution in [0.4, 0.5) is 5.82 Å². The van der Waals surface area contributed by atoms with E-state index in [9.17, 15) is 9.90 Å². The van der Waals surface area contributed by atoms with E-state index >= 15 is 0 Å². The number of thiazole rings is 1. The molecule has 0 aliphatic rings. The van der Waals surface area contributed by atoms with Gasteiger partial charge < -0.3 is 16.2 Å². The molecule has 134 valence electrons. The molecule has 1 aromatic carbocycles. The van der Waals surface area contributed by atoms with Crippen molar-refractivity contribution < 1.29 is 9.90 Å². The first-order valence-corrected chi connectivity index (χ1v) is 8.89. The summed E-state index contributed by atoms with van der Waals surface area (Å²) in [6.07, 6.45) is 0.789. The third kappa shape index (κ3) is 3.87. The summed E-state index contributed by atoms with van der Waals surface area (Å²) >= 11 is 1.37. The number of benzene rings is 1. The molecule has 3 rings (SSSR count). The number of carbonyl (C=O) groups excluding carboxylic acids is 1. The molecule has 7 nitrogen and oxygen atoms in total. The standard InChI is InChI=1S/C18H19N5O2S/c1-10-3-4-12(17-20-6-5-15(19)23-17)7-13(10)18(25)21-8-14(24)16-11(2)22-9-26-16/h3-7,9,14,24H,8H2,1-2H3,(H,21,25)(H2,19,20,23)/t14-/m1/s1. The van der Waals surface area contributed by atoms with Crippen molar-refractivity contribution in [1.82, 2.24) is 20.3 Å². The Morgan fingerprint density at radius 3 is 2.81 bits per heavy atom. The fourth-order valence-electron chi connectivity index (χ4n) is 2.53. The second-order valence-electron chi connectivity index (χ2n) is 5.86. The van der Waals surface area contributed by atoms with E-state index in [1.54, 1.807) is 23.8 Å². The maximum atomic E-state index is 12.6. The van der Waals surface area contributed by atoms with Crippen LogP contribution in [0, 0.1) is 13.8 Å². The minimum absolute atomic E-state index is 0.111. The molecule has 0 fully saturated rings. The average molecular weight is 369 g/mol. The Labute approximate surface area is 155 Å². The van der Waals surface area contributed by atoms with E-state index in [-0.39, 0.29) is 12.5 Å². The molecule has 0 radical (unpaired) electrons. The first-order chi connectivity index (χ1) is 12.5. The number of amides is 1. The topological polar surface area (TPSA) is 114 Å². The van der Waals surface area contributed by atoms with Crippen molar-refractivity contribution in [2.45, 2.75) is 20.0 Å². The summed E-state index contributed by atoms with van der Waals surface area (Å²) < 4.78 is 0. The summed E-state index contributed by atoms with van der Waals surface area (Å²) in [5.41, 5.74) is 10.2. The van der Waals surface area contributed by atoms with E-state index in [0.29, 0.717) is 22.8 Å². The Bertz CT molecular complexity index is 941. The van der Waals surface area contributed by atoms with Crippen LogP contribution in [-0.2, 0) is 0 Å². The minimum atomic E-state index is -0.785. The van der Waals surface area contributed by atoms with Crippen LogP contribution in [0.2, 0.25) is 0 Å². The van der Waals surface area contributed by atoms with E-state index in [1.807, 2.05) is 26.0 Å². The van der Waals surface area contributed by atoms with Crippen molar-refractivity contribution >= 4 is 23.1 Å². The van der Waals surface area contributed by atoms with Gasteiger partial charge in [-0.2, -0.15) is 0 Å². The summed E-state index contributed by atoms with van der Waals surface area (Å²) in [7, 11) is 0. The number of aliphatic hydroxyl groups excluding tert-OH is 1. The lowest BCUT2D eigenvalue weighted by molar-refractivity contribution is 0.0917. The molecule has 1 atom stereocenters. The van der Waals surface area contributed by atoms with E-state index in [0.717, 1.165) is 16.1 Å². The van der Waals surface area contributed by atoms with E-state index in [4.69, 9.17) is 5.73 Å². The largest absolute Gasteiger partial charge is 0.386 e. The lowest BCUT2D eigenvalue weighted by atomic mass is 10.0. The summed E-state index contributed by atoms with van der Waals surface area (Å²) in [4.78, 5) is 25.8. The van der Waals surface area contributed by atoms with Gasteiger partial charge in [-0.25, -0.2) is 15.0 Å². The van der Waals surface area contributed by atoms with Crippen LogP contribution in [-0.4, -0.2) is 32.5 Å². The molecule has 0 aliphatic heterocycles. The number of aliphatic hydroxyl groups is 1. The molecule has 3 aromatic rings. The van der Waals surface area contributed by atoms with Crippen molar-refractivity contribution in [3.8, 4) is 11.4 Å². The van der Waals surface area contributed by atoms with Gasteiger partial charge in [0, 0.05) is 23.9 Å². The van der Waals surface area contributed by atoms with Gasteiger partial charge in [-0.3, -0.25) is 4.79 Å². The first kappa shape index (κ1) is 18.0. The summed E-state index contributed by atoms with van der Waals surface area (Å²) in [5, 5.41) is 13.0. The number of aryl methyl sites for hydroxylation is 2. The number of nitrogens with zero attached hydrogens (tertiary/aromatic N) is 3. The van der Waals surface area contributed by atoms with Gasteiger partial charge in [0.25, 0.3) is 5.91 Å². The van der Waals surface area contributed by atoms with Crippen molar-refractivity contribution in [3.63, 3.8) is 0 Å². The zero-order valence-corrected chi connectivity index (χ0v) is 15.2. The van der Waals surface area contributed by atoms with Crippen LogP contribution >= 0.6 is 11.3 Å². The molecule has 1 amide bonds. The predicted molar refractivity (Wildman–Crippen MR) is 101 cm³/mol. The highest BCUT2D eigenvalue weighted by Crippen LogP contribution is 2.22. The Hall–Kier alpha value is -2.84. The van der Waals surface area contributed by atoms with Crippen molar-refractivity contribution in [2.24, 2.45) is 0 Å². The average Bonchev–Trinajstić information content (AvgIpc) is 3.06. The van der Waals surface area contributed by atoms with Gasteiger partial charge in [-0.1, -0.05) is 12.1 Å². The van der Waals surface area contributed by atoms with Crippen molar-refractivity contribution in [1.29, 1.82) is 0 Å². The first-order valence-electron chi connectivity index (χ1n) is 8.01. The Balaban J connectivity index is 1.77. The molecule has 0 bridgehead atoms. The molecule has 0 saturated carbocycles. The van der Waals surface area contributed by atoms with Gasteiger partial charge in [0.2, 0.25) is 0 Å². The zero-order chi connectivity index (χ0) is 18.7. The SMILES string of the molecule is Cc1ccc(-c2nccc(N)n2)cc1C(=O)NC[C@@H](O)c1scnc1C. The second kappa shape index (κ2) is 7.59. The van der Waals surface area contributed by atoms with Crippen LogP contribution < -0.4 is 11.1 Å². The number of rotatable bonds is 5. The molecule has 26 heavy (non-hydrogen) atoms. The van der Waals surface area contributed by atoms with Crippen molar-refractivity contribution in [2.75, 3.05) is 12.3 Å². The molecule has 0 unspecified atom stereocenters. The predicted octanol–water partition coefficient (Wildman–Crippen LogP) is 2.26. The molecule has 0 aliphatic carbocycles. The maximum Gasteiger partial charge on any atom is 0.251 e. The number of aromatic nitrogens is 3. The minimum Gasteiger partial charge on any atom is -0.386 e. The number of nitrogen functional groups attached to an aromatic ring is 1. The monoisotopic (exact) mass is 369 g/mol. The number of carbonyl (C=O) groups is 1. The van der Waals surface area contributed by atoms with Gasteiger partial charge >= 0.3 is 0 Å². The highest BCUT2D eigenvalue weighted by molar-refractivity contribution is 7.09. The second-order valence-corrected chi connectivity index (χ2v) is 6.75. The van der Waals surface area contributed by atoms with Crippen LogP contribution in [0.3, 0.4) is 0 Å². The van der Waals surface area contributed by atoms with Gasteiger partial charge in [0.05, 0.1) is 16.1 Å². The molecule has 0 saturated heterocycles. The lowest BCUT2D eigenvalue weighted by Crippen LogP contribution is -2.29. The maximum absolute atomic E-state index is 12.6. The summed E-state index contributed by atoms with van der Waals surface area (Å²) in [6.45, 7) is 3.79. The van der Waals surface area contributed by atoms with Crippen LogP contribution in [0.5, 0.6) is 0 Å². The van der Waals surface area contributed by atoms with Crippen molar-refractivity contribution in [3.05, 3.63) is 57.7 Å². The van der Waals surface area contributed by atoms with Crippen LogP contribution in [0.1, 0.15) is 32.6 Å². The van der Waals surface area contributed by atoms with E-state index in [1.165, 1.54) is 11.3 Å². The summed E-state index contributed by atoms with van der Waals surface area (Å²) in [5.74, 6) is 0.554. The zero-order valence-electron chi connectivity index (χ0n) is 14.4. The van der Waals surface area contributed by atoms with Crippen LogP contribution in [0.25, 0.3) is 11.4 Å². The van der Waals surface area contributed by atoms with Crippen LogP contribution in [0.15, 0.2) is 36.0 Å². The Kier molecular flexibility index (Phi) is 5.24. The summed E-state index contributed by atoms with van der Waals surface area (Å²) in [6, 6.07) is 7.01. The highest BCUT2D eigenvalue weighted by atomic mass is 32.1. The normalized spacial score (nSPS) is 12.0. The van der Waals surface area contributed by atoms with Gasteiger partial charge in [-0.15, -0.1) is 11.3 Å². The van der Waals surface area contributed by atoms with Gasteiger partial charge in [0.15, 0.2) is 5.82 Å². The number of nitrogens with two attached hydrogens (primary N) is 1. The van der Waals surface area contributed by atoms with Gasteiger partial charge in [0.1, 0.15) is 11.9 Å². The molecule has 0 spiro atoms. The van der Waals surface area contributed by atoms with E-state index in [2.05, 4.69) is 20.3 Å². The molecule has 2 aromatic heterocycles. The lowest BCUT2D eigenvalue weighted by Gasteiger charge is -2.13.